The summed E-state index contributed by atoms with van der Waals surface area (Å²) in [6.07, 6.45) is 7.44. The SMILES string of the molecule is CCOCCCNC(=O)/C(C#N)=C/c1cn(-c2ccccc2)nc1-c1cccnc1. The van der Waals surface area contributed by atoms with E-state index in [4.69, 9.17) is 4.74 Å². The summed E-state index contributed by atoms with van der Waals surface area (Å²) in [5.41, 5.74) is 3.00. The van der Waals surface area contributed by atoms with Gasteiger partial charge in [0, 0.05) is 49.5 Å². The zero-order chi connectivity index (χ0) is 21.2. The molecule has 0 saturated carbocycles. The summed E-state index contributed by atoms with van der Waals surface area (Å²) >= 11 is 0. The zero-order valence-electron chi connectivity index (χ0n) is 16.8. The summed E-state index contributed by atoms with van der Waals surface area (Å²) < 4.78 is 6.98. The average molecular weight is 401 g/mol. The molecule has 0 bridgehead atoms. The lowest BCUT2D eigenvalue weighted by atomic mass is 10.1. The van der Waals surface area contributed by atoms with Crippen molar-refractivity contribution in [2.75, 3.05) is 19.8 Å². The first-order valence-corrected chi connectivity index (χ1v) is 9.76. The first-order chi connectivity index (χ1) is 14.7. The van der Waals surface area contributed by atoms with Crippen molar-refractivity contribution in [2.45, 2.75) is 13.3 Å². The average Bonchev–Trinajstić information content (AvgIpc) is 3.22. The number of rotatable bonds is 9. The van der Waals surface area contributed by atoms with E-state index in [1.807, 2.05) is 55.5 Å². The second kappa shape index (κ2) is 10.7. The van der Waals surface area contributed by atoms with Gasteiger partial charge >= 0.3 is 0 Å². The van der Waals surface area contributed by atoms with Gasteiger partial charge in [0.1, 0.15) is 17.3 Å². The minimum atomic E-state index is -0.418. The molecule has 0 aliphatic heterocycles. The summed E-state index contributed by atoms with van der Waals surface area (Å²) in [7, 11) is 0. The van der Waals surface area contributed by atoms with Gasteiger partial charge in [-0.15, -0.1) is 0 Å². The molecular weight excluding hydrogens is 378 g/mol. The molecule has 152 valence electrons. The summed E-state index contributed by atoms with van der Waals surface area (Å²) in [5, 5.41) is 17.0. The van der Waals surface area contributed by atoms with E-state index in [-0.39, 0.29) is 5.57 Å². The first kappa shape index (κ1) is 21.0. The van der Waals surface area contributed by atoms with E-state index >= 15 is 0 Å². The maximum Gasteiger partial charge on any atom is 0.261 e. The Balaban J connectivity index is 1.90. The van der Waals surface area contributed by atoms with Crippen molar-refractivity contribution in [1.82, 2.24) is 20.1 Å². The molecule has 0 aliphatic carbocycles. The van der Waals surface area contributed by atoms with Gasteiger partial charge in [-0.3, -0.25) is 9.78 Å². The van der Waals surface area contributed by atoms with Crippen LogP contribution in [-0.2, 0) is 9.53 Å². The van der Waals surface area contributed by atoms with Crippen molar-refractivity contribution in [2.24, 2.45) is 0 Å². The minimum absolute atomic E-state index is 0.0177. The van der Waals surface area contributed by atoms with Crippen molar-refractivity contribution in [1.29, 1.82) is 5.26 Å². The smallest absolute Gasteiger partial charge is 0.261 e. The van der Waals surface area contributed by atoms with Crippen LogP contribution in [0.4, 0.5) is 0 Å². The molecule has 0 saturated heterocycles. The molecule has 30 heavy (non-hydrogen) atoms. The molecule has 0 atom stereocenters. The second-order valence-corrected chi connectivity index (χ2v) is 6.43. The topological polar surface area (TPSA) is 92.8 Å². The molecule has 1 amide bonds. The number of nitriles is 1. The van der Waals surface area contributed by atoms with Crippen LogP contribution in [0.25, 0.3) is 23.0 Å². The van der Waals surface area contributed by atoms with Crippen LogP contribution >= 0.6 is 0 Å². The van der Waals surface area contributed by atoms with Crippen molar-refractivity contribution in [3.05, 3.63) is 72.2 Å². The normalized spacial score (nSPS) is 11.1. The Morgan fingerprint density at radius 3 is 2.80 bits per heavy atom. The highest BCUT2D eigenvalue weighted by Gasteiger charge is 2.15. The number of carbonyl (C=O) groups excluding carboxylic acids is 1. The van der Waals surface area contributed by atoms with Crippen LogP contribution < -0.4 is 5.32 Å². The van der Waals surface area contributed by atoms with Gasteiger partial charge in [-0.2, -0.15) is 10.4 Å². The van der Waals surface area contributed by atoms with Gasteiger partial charge in [-0.1, -0.05) is 18.2 Å². The number of pyridine rings is 1. The third-order valence-corrected chi connectivity index (χ3v) is 4.32. The molecule has 0 unspecified atom stereocenters. The van der Waals surface area contributed by atoms with Crippen molar-refractivity contribution in [3.63, 3.8) is 0 Å². The van der Waals surface area contributed by atoms with E-state index in [9.17, 15) is 10.1 Å². The summed E-state index contributed by atoms with van der Waals surface area (Å²) in [6, 6.07) is 15.4. The van der Waals surface area contributed by atoms with E-state index < -0.39 is 5.91 Å². The van der Waals surface area contributed by atoms with Crippen molar-refractivity contribution in [3.8, 4) is 23.0 Å². The standard InChI is InChI=1S/C23H23N5O2/c1-2-30-13-7-12-26-23(29)19(15-24)14-20-17-28(21-9-4-3-5-10-21)27-22(20)18-8-6-11-25-16-18/h3-6,8-11,14,16-17H,2,7,12-13H2,1H3,(H,26,29)/b19-14+. The lowest BCUT2D eigenvalue weighted by Gasteiger charge is -2.04. The third-order valence-electron chi connectivity index (χ3n) is 4.32. The molecule has 3 aromatic rings. The molecule has 2 aromatic heterocycles. The van der Waals surface area contributed by atoms with Gasteiger partial charge in [-0.05, 0) is 43.7 Å². The fraction of sp³-hybridized carbons (Fsp3) is 0.217. The highest BCUT2D eigenvalue weighted by atomic mass is 16.5. The number of aromatic nitrogens is 3. The van der Waals surface area contributed by atoms with E-state index in [1.165, 1.54) is 0 Å². The largest absolute Gasteiger partial charge is 0.382 e. The number of ether oxygens (including phenoxy) is 1. The Labute approximate surface area is 175 Å². The molecule has 7 heteroatoms. The fourth-order valence-corrected chi connectivity index (χ4v) is 2.85. The predicted molar refractivity (Wildman–Crippen MR) is 115 cm³/mol. The van der Waals surface area contributed by atoms with Gasteiger partial charge in [0.2, 0.25) is 0 Å². The molecule has 1 aromatic carbocycles. The van der Waals surface area contributed by atoms with E-state index in [2.05, 4.69) is 15.4 Å². The third kappa shape index (κ3) is 5.40. The lowest BCUT2D eigenvalue weighted by Crippen LogP contribution is -2.26. The maximum atomic E-state index is 12.5. The number of para-hydroxylation sites is 1. The summed E-state index contributed by atoms with van der Waals surface area (Å²) in [6.45, 7) is 3.57. The number of amides is 1. The summed E-state index contributed by atoms with van der Waals surface area (Å²) in [5.74, 6) is -0.418. The highest BCUT2D eigenvalue weighted by Crippen LogP contribution is 2.25. The van der Waals surface area contributed by atoms with Gasteiger partial charge in [0.25, 0.3) is 5.91 Å². The van der Waals surface area contributed by atoms with Gasteiger partial charge in [0.15, 0.2) is 0 Å². The molecule has 0 spiro atoms. The monoisotopic (exact) mass is 401 g/mol. The van der Waals surface area contributed by atoms with E-state index in [0.29, 0.717) is 37.4 Å². The van der Waals surface area contributed by atoms with Crippen LogP contribution in [0.1, 0.15) is 18.9 Å². The van der Waals surface area contributed by atoms with Gasteiger partial charge in [0.05, 0.1) is 5.69 Å². The van der Waals surface area contributed by atoms with Gasteiger partial charge in [-0.25, -0.2) is 4.68 Å². The maximum absolute atomic E-state index is 12.5. The molecule has 0 radical (unpaired) electrons. The molecule has 3 rings (SSSR count). The zero-order valence-corrected chi connectivity index (χ0v) is 16.8. The first-order valence-electron chi connectivity index (χ1n) is 9.76. The molecule has 7 nitrogen and oxygen atoms in total. The second-order valence-electron chi connectivity index (χ2n) is 6.43. The molecule has 1 N–H and O–H groups in total. The van der Waals surface area contributed by atoms with Crippen LogP contribution in [0, 0.1) is 11.3 Å². The Morgan fingerprint density at radius 2 is 2.10 bits per heavy atom. The number of carbonyl (C=O) groups is 1. The predicted octanol–water partition coefficient (Wildman–Crippen LogP) is 3.38. The summed E-state index contributed by atoms with van der Waals surface area (Å²) in [4.78, 5) is 16.6. The highest BCUT2D eigenvalue weighted by molar-refractivity contribution is 6.02. The van der Waals surface area contributed by atoms with Crippen molar-refractivity contribution < 1.29 is 9.53 Å². The van der Waals surface area contributed by atoms with Crippen LogP contribution in [-0.4, -0.2) is 40.4 Å². The Kier molecular flexibility index (Phi) is 7.47. The fourth-order valence-electron chi connectivity index (χ4n) is 2.85. The van der Waals surface area contributed by atoms with Crippen LogP contribution in [0.3, 0.4) is 0 Å². The number of benzene rings is 1. The van der Waals surface area contributed by atoms with Gasteiger partial charge < -0.3 is 10.1 Å². The van der Waals surface area contributed by atoms with Crippen LogP contribution in [0.2, 0.25) is 0 Å². The van der Waals surface area contributed by atoms with Crippen LogP contribution in [0.15, 0.2) is 66.6 Å². The van der Waals surface area contributed by atoms with Crippen molar-refractivity contribution >= 4 is 12.0 Å². The Hall–Kier alpha value is -3.76. The van der Waals surface area contributed by atoms with Crippen LogP contribution in [0.5, 0.6) is 0 Å². The lowest BCUT2D eigenvalue weighted by molar-refractivity contribution is -0.117. The number of nitrogens with zero attached hydrogens (tertiary/aromatic N) is 4. The molecule has 2 heterocycles. The number of hydrogen-bond donors (Lipinski definition) is 1. The Morgan fingerprint density at radius 1 is 1.27 bits per heavy atom. The molecule has 0 aliphatic rings. The number of hydrogen-bond acceptors (Lipinski definition) is 5. The number of nitrogens with one attached hydrogen (secondary N) is 1. The Bertz CT molecular complexity index is 1040. The molecule has 0 fully saturated rings. The molecular formula is C23H23N5O2. The quantitative estimate of drug-likeness (QED) is 0.337. The van der Waals surface area contributed by atoms with E-state index in [1.54, 1.807) is 29.3 Å². The van der Waals surface area contributed by atoms with E-state index in [0.717, 1.165) is 11.3 Å². The minimum Gasteiger partial charge on any atom is -0.382 e.